The first-order valence-electron chi connectivity index (χ1n) is 7.49. The molecule has 23 heavy (non-hydrogen) atoms. The topological polar surface area (TPSA) is 72.4 Å². The minimum atomic E-state index is -0.332. The lowest BCUT2D eigenvalue weighted by Crippen LogP contribution is -2.28. The minimum Gasteiger partial charge on any atom is -0.379 e. The predicted octanol–water partition coefficient (Wildman–Crippen LogP) is 2.94. The molecule has 0 saturated heterocycles. The Hall–Kier alpha value is -2.21. The van der Waals surface area contributed by atoms with E-state index >= 15 is 0 Å². The zero-order valence-corrected chi connectivity index (χ0v) is 14.1. The Kier molecular flexibility index (Phi) is 4.17. The van der Waals surface area contributed by atoms with Crippen LogP contribution in [0.25, 0.3) is 0 Å². The summed E-state index contributed by atoms with van der Waals surface area (Å²) in [5.74, 6) is 0.827. The van der Waals surface area contributed by atoms with Crippen LogP contribution in [0.3, 0.4) is 0 Å². The number of carbonyl (C=O) groups is 1. The number of rotatable bonds is 3. The zero-order chi connectivity index (χ0) is 16.4. The van der Waals surface area contributed by atoms with Crippen LogP contribution >= 0.6 is 11.8 Å². The first-order valence-corrected chi connectivity index (χ1v) is 8.48. The SMILES string of the molecule is Cn1cccc1C(=O)Nc1cccc(C2(C)CCSC(N)=N2)c1. The van der Waals surface area contributed by atoms with Crippen molar-refractivity contribution in [3.05, 3.63) is 53.9 Å². The van der Waals surface area contributed by atoms with E-state index in [-0.39, 0.29) is 11.4 Å². The van der Waals surface area contributed by atoms with E-state index in [0.717, 1.165) is 23.4 Å². The van der Waals surface area contributed by atoms with Gasteiger partial charge in [-0.05, 0) is 43.2 Å². The molecule has 1 aromatic heterocycles. The highest BCUT2D eigenvalue weighted by Gasteiger charge is 2.29. The van der Waals surface area contributed by atoms with Gasteiger partial charge in [-0.2, -0.15) is 0 Å². The normalized spacial score (nSPS) is 20.9. The van der Waals surface area contributed by atoms with Crippen molar-refractivity contribution < 1.29 is 4.79 Å². The molecular formula is C17H20N4OS. The third-order valence-corrected chi connectivity index (χ3v) is 4.91. The predicted molar refractivity (Wildman–Crippen MR) is 95.9 cm³/mol. The van der Waals surface area contributed by atoms with Crippen LogP contribution in [0.1, 0.15) is 29.4 Å². The van der Waals surface area contributed by atoms with Crippen LogP contribution in [-0.2, 0) is 12.6 Å². The maximum atomic E-state index is 12.3. The summed E-state index contributed by atoms with van der Waals surface area (Å²) in [4.78, 5) is 16.9. The fourth-order valence-electron chi connectivity index (χ4n) is 2.72. The van der Waals surface area contributed by atoms with Gasteiger partial charge < -0.3 is 15.6 Å². The lowest BCUT2D eigenvalue weighted by molar-refractivity contribution is 0.101. The van der Waals surface area contributed by atoms with Gasteiger partial charge in [-0.25, -0.2) is 0 Å². The molecule has 3 rings (SSSR count). The van der Waals surface area contributed by atoms with Crippen molar-refractivity contribution in [2.24, 2.45) is 17.8 Å². The molecule has 5 nitrogen and oxygen atoms in total. The molecule has 0 spiro atoms. The third-order valence-electron chi connectivity index (χ3n) is 4.11. The number of aryl methyl sites for hydroxylation is 1. The highest BCUT2D eigenvalue weighted by atomic mass is 32.2. The Morgan fingerprint density at radius 1 is 1.39 bits per heavy atom. The summed E-state index contributed by atoms with van der Waals surface area (Å²) in [6.45, 7) is 2.08. The van der Waals surface area contributed by atoms with Gasteiger partial charge in [0, 0.05) is 24.7 Å². The number of aliphatic imine (C=N–C) groups is 1. The van der Waals surface area contributed by atoms with E-state index in [1.54, 1.807) is 22.4 Å². The standard InChI is InChI=1S/C17H20N4OS/c1-17(8-10-23-16(18)20-17)12-5-3-6-13(11-12)19-15(22)14-7-4-9-21(14)2/h3-7,9,11H,8,10H2,1-2H3,(H2,18,20)(H,19,22). The molecule has 2 heterocycles. The highest BCUT2D eigenvalue weighted by molar-refractivity contribution is 8.13. The maximum Gasteiger partial charge on any atom is 0.272 e. The van der Waals surface area contributed by atoms with Crippen molar-refractivity contribution >= 4 is 28.5 Å². The van der Waals surface area contributed by atoms with Crippen LogP contribution in [0.5, 0.6) is 0 Å². The summed E-state index contributed by atoms with van der Waals surface area (Å²) < 4.78 is 1.80. The van der Waals surface area contributed by atoms with Crippen LogP contribution in [0.2, 0.25) is 0 Å². The first-order chi connectivity index (χ1) is 11.0. The van der Waals surface area contributed by atoms with E-state index in [2.05, 4.69) is 17.2 Å². The Morgan fingerprint density at radius 3 is 2.91 bits per heavy atom. The summed E-state index contributed by atoms with van der Waals surface area (Å²) >= 11 is 1.59. The number of hydrogen-bond acceptors (Lipinski definition) is 4. The minimum absolute atomic E-state index is 0.123. The van der Waals surface area contributed by atoms with Crippen molar-refractivity contribution in [3.63, 3.8) is 0 Å². The second-order valence-corrected chi connectivity index (χ2v) is 6.98. The number of carbonyl (C=O) groups excluding carboxylic acids is 1. The van der Waals surface area contributed by atoms with Crippen LogP contribution in [0.4, 0.5) is 5.69 Å². The Bertz CT molecular complexity index is 767. The monoisotopic (exact) mass is 328 g/mol. The number of amidine groups is 1. The molecule has 0 bridgehead atoms. The molecule has 120 valence electrons. The number of nitrogens with zero attached hydrogens (tertiary/aromatic N) is 2. The van der Waals surface area contributed by atoms with E-state index < -0.39 is 0 Å². The Morgan fingerprint density at radius 2 is 2.22 bits per heavy atom. The number of nitrogens with two attached hydrogens (primary N) is 1. The van der Waals surface area contributed by atoms with E-state index in [1.165, 1.54) is 0 Å². The van der Waals surface area contributed by atoms with Crippen molar-refractivity contribution in [2.75, 3.05) is 11.1 Å². The lowest BCUT2D eigenvalue weighted by atomic mass is 9.89. The van der Waals surface area contributed by atoms with E-state index in [4.69, 9.17) is 5.73 Å². The average molecular weight is 328 g/mol. The molecule has 0 radical (unpaired) electrons. The quantitative estimate of drug-likeness (QED) is 0.910. The van der Waals surface area contributed by atoms with Crippen LogP contribution in [0.15, 0.2) is 47.6 Å². The van der Waals surface area contributed by atoms with Gasteiger partial charge in [-0.15, -0.1) is 0 Å². The van der Waals surface area contributed by atoms with E-state index in [9.17, 15) is 4.79 Å². The van der Waals surface area contributed by atoms with Crippen molar-refractivity contribution in [1.82, 2.24) is 4.57 Å². The van der Waals surface area contributed by atoms with Gasteiger partial charge in [0.1, 0.15) is 5.69 Å². The third kappa shape index (κ3) is 3.27. The average Bonchev–Trinajstić information content (AvgIpc) is 2.93. The van der Waals surface area contributed by atoms with Gasteiger partial charge in [-0.1, -0.05) is 23.9 Å². The maximum absolute atomic E-state index is 12.3. The molecule has 3 N–H and O–H groups in total. The van der Waals surface area contributed by atoms with Crippen LogP contribution in [-0.4, -0.2) is 21.4 Å². The zero-order valence-electron chi connectivity index (χ0n) is 13.2. The van der Waals surface area contributed by atoms with Gasteiger partial charge in [0.15, 0.2) is 5.17 Å². The summed E-state index contributed by atoms with van der Waals surface area (Å²) in [5.41, 5.74) is 8.00. The first kappa shape index (κ1) is 15.7. The highest BCUT2D eigenvalue weighted by Crippen LogP contribution is 2.35. The van der Waals surface area contributed by atoms with Crippen LogP contribution < -0.4 is 11.1 Å². The summed E-state index contributed by atoms with van der Waals surface area (Å²) in [5, 5.41) is 3.57. The second-order valence-electron chi connectivity index (χ2n) is 5.86. The fraction of sp³-hybridized carbons (Fsp3) is 0.294. The Labute approximate surface area is 140 Å². The molecule has 1 aromatic carbocycles. The molecule has 1 aliphatic heterocycles. The molecule has 1 unspecified atom stereocenters. The van der Waals surface area contributed by atoms with Gasteiger partial charge >= 0.3 is 0 Å². The number of benzene rings is 1. The van der Waals surface area contributed by atoms with Crippen molar-refractivity contribution in [2.45, 2.75) is 18.9 Å². The van der Waals surface area contributed by atoms with E-state index in [1.807, 2.05) is 43.6 Å². The Balaban J connectivity index is 1.85. The molecule has 1 amide bonds. The van der Waals surface area contributed by atoms with Crippen molar-refractivity contribution in [1.29, 1.82) is 0 Å². The number of nitrogens with one attached hydrogen (secondary N) is 1. The summed E-state index contributed by atoms with van der Waals surface area (Å²) in [7, 11) is 1.85. The molecule has 1 aliphatic rings. The fourth-order valence-corrected chi connectivity index (χ4v) is 3.69. The van der Waals surface area contributed by atoms with Gasteiger partial charge in [0.2, 0.25) is 0 Å². The van der Waals surface area contributed by atoms with Crippen molar-refractivity contribution in [3.8, 4) is 0 Å². The smallest absolute Gasteiger partial charge is 0.272 e. The number of anilines is 1. The number of amides is 1. The summed E-state index contributed by atoms with van der Waals surface area (Å²) in [6, 6.07) is 11.5. The molecule has 0 aliphatic carbocycles. The molecular weight excluding hydrogens is 308 g/mol. The second kappa shape index (κ2) is 6.12. The summed E-state index contributed by atoms with van der Waals surface area (Å²) in [6.07, 6.45) is 2.77. The molecule has 1 atom stereocenters. The molecule has 6 heteroatoms. The molecule has 0 fully saturated rings. The molecule has 2 aromatic rings. The largest absolute Gasteiger partial charge is 0.379 e. The number of thioether (sulfide) groups is 1. The van der Waals surface area contributed by atoms with Gasteiger partial charge in [0.25, 0.3) is 5.91 Å². The molecule has 0 saturated carbocycles. The van der Waals surface area contributed by atoms with Gasteiger partial charge in [0.05, 0.1) is 5.54 Å². The lowest BCUT2D eigenvalue weighted by Gasteiger charge is -2.30. The number of aromatic nitrogens is 1. The van der Waals surface area contributed by atoms with Crippen LogP contribution in [0, 0.1) is 0 Å². The number of hydrogen-bond donors (Lipinski definition) is 2. The van der Waals surface area contributed by atoms with E-state index in [0.29, 0.717) is 10.9 Å². The van der Waals surface area contributed by atoms with Gasteiger partial charge in [-0.3, -0.25) is 9.79 Å².